The number of hydrogen-bond acceptors (Lipinski definition) is 3. The number of aromatic nitrogens is 3. The van der Waals surface area contributed by atoms with Crippen molar-refractivity contribution < 1.29 is 4.79 Å². The van der Waals surface area contributed by atoms with E-state index in [2.05, 4.69) is 48.0 Å². The van der Waals surface area contributed by atoms with Crippen LogP contribution >= 0.6 is 31.9 Å². The minimum absolute atomic E-state index is 0.0637. The van der Waals surface area contributed by atoms with Crippen LogP contribution in [0.4, 0.5) is 0 Å². The number of carbonyl (C=O) groups is 1. The normalized spacial score (nSPS) is 14.1. The predicted molar refractivity (Wildman–Crippen MR) is 93.3 cm³/mol. The molecule has 116 valence electrons. The average Bonchev–Trinajstić information content (AvgIpc) is 3.00. The van der Waals surface area contributed by atoms with Gasteiger partial charge in [-0.25, -0.2) is 9.50 Å². The number of benzene rings is 1. The number of nitrogens with zero attached hydrogens (tertiary/aromatic N) is 4. The number of hydrogen-bond donors (Lipinski definition) is 0. The summed E-state index contributed by atoms with van der Waals surface area (Å²) in [7, 11) is 0. The topological polar surface area (TPSA) is 50.5 Å². The lowest BCUT2D eigenvalue weighted by Crippen LogP contribution is -2.36. The molecule has 4 rings (SSSR count). The van der Waals surface area contributed by atoms with Crippen LogP contribution in [0.2, 0.25) is 0 Å². The number of amides is 1. The van der Waals surface area contributed by atoms with Crippen molar-refractivity contribution in [2.75, 3.05) is 6.54 Å². The van der Waals surface area contributed by atoms with Crippen molar-refractivity contribution in [3.8, 4) is 0 Å². The summed E-state index contributed by atoms with van der Waals surface area (Å²) in [5, 5.41) is 4.13. The Labute approximate surface area is 149 Å². The fourth-order valence-electron chi connectivity index (χ4n) is 2.87. The second-order valence-electron chi connectivity index (χ2n) is 5.43. The van der Waals surface area contributed by atoms with E-state index in [1.165, 1.54) is 11.1 Å². The van der Waals surface area contributed by atoms with Crippen LogP contribution in [-0.4, -0.2) is 31.9 Å². The van der Waals surface area contributed by atoms with Gasteiger partial charge in [0.25, 0.3) is 5.91 Å². The van der Waals surface area contributed by atoms with Crippen LogP contribution in [0.1, 0.15) is 21.6 Å². The summed E-state index contributed by atoms with van der Waals surface area (Å²) in [5.74, 6) is -0.0637. The second kappa shape index (κ2) is 5.72. The van der Waals surface area contributed by atoms with Gasteiger partial charge >= 0.3 is 0 Å². The van der Waals surface area contributed by atoms with Crippen LogP contribution < -0.4 is 0 Å². The zero-order chi connectivity index (χ0) is 16.0. The first kappa shape index (κ1) is 14.8. The van der Waals surface area contributed by atoms with Gasteiger partial charge in [-0.1, -0.05) is 28.1 Å². The maximum atomic E-state index is 12.9. The van der Waals surface area contributed by atoms with E-state index in [4.69, 9.17) is 0 Å². The van der Waals surface area contributed by atoms with Crippen LogP contribution in [0, 0.1) is 0 Å². The molecule has 0 saturated heterocycles. The summed E-state index contributed by atoms with van der Waals surface area (Å²) < 4.78 is 3.41. The highest BCUT2D eigenvalue weighted by Gasteiger charge is 2.25. The lowest BCUT2D eigenvalue weighted by atomic mass is 9.99. The first-order valence-corrected chi connectivity index (χ1v) is 8.77. The van der Waals surface area contributed by atoms with Gasteiger partial charge in [-0.2, -0.15) is 5.10 Å². The van der Waals surface area contributed by atoms with E-state index in [9.17, 15) is 4.79 Å². The van der Waals surface area contributed by atoms with E-state index in [1.807, 2.05) is 17.0 Å². The molecule has 3 aromatic rings. The summed E-state index contributed by atoms with van der Waals surface area (Å²) in [4.78, 5) is 19.2. The van der Waals surface area contributed by atoms with Crippen LogP contribution in [-0.2, 0) is 13.0 Å². The molecule has 2 aromatic heterocycles. The molecule has 0 saturated carbocycles. The Kier molecular flexibility index (Phi) is 3.69. The molecule has 1 aromatic carbocycles. The summed E-state index contributed by atoms with van der Waals surface area (Å²) in [6.07, 6.45) is 4.27. The third kappa shape index (κ3) is 2.57. The quantitative estimate of drug-likeness (QED) is 0.588. The summed E-state index contributed by atoms with van der Waals surface area (Å²) in [5.41, 5.74) is 3.56. The van der Waals surface area contributed by atoms with Gasteiger partial charge in [0.05, 0.1) is 10.7 Å². The van der Waals surface area contributed by atoms with Gasteiger partial charge in [0.15, 0.2) is 5.65 Å². The Morgan fingerprint density at radius 1 is 1.17 bits per heavy atom. The minimum Gasteiger partial charge on any atom is -0.333 e. The zero-order valence-corrected chi connectivity index (χ0v) is 15.2. The Bertz CT molecular complexity index is 922. The Balaban J connectivity index is 1.67. The van der Waals surface area contributed by atoms with Crippen molar-refractivity contribution in [2.24, 2.45) is 0 Å². The van der Waals surface area contributed by atoms with Crippen LogP contribution in [0.5, 0.6) is 0 Å². The van der Waals surface area contributed by atoms with Crippen molar-refractivity contribution >= 4 is 43.4 Å². The molecular weight excluding hydrogens is 424 g/mol. The molecule has 0 unspecified atom stereocenters. The van der Waals surface area contributed by atoms with E-state index >= 15 is 0 Å². The highest BCUT2D eigenvalue weighted by atomic mass is 79.9. The first-order chi connectivity index (χ1) is 11.1. The van der Waals surface area contributed by atoms with Crippen molar-refractivity contribution in [3.05, 3.63) is 62.4 Å². The van der Waals surface area contributed by atoms with Gasteiger partial charge in [0.2, 0.25) is 0 Å². The molecule has 0 fully saturated rings. The van der Waals surface area contributed by atoms with E-state index < -0.39 is 0 Å². The van der Waals surface area contributed by atoms with Crippen LogP contribution in [0.15, 0.2) is 45.6 Å². The molecule has 3 heterocycles. The molecule has 5 nitrogen and oxygen atoms in total. The third-order valence-electron chi connectivity index (χ3n) is 4.04. The minimum atomic E-state index is -0.0637. The number of carbonyl (C=O) groups excluding carboxylic acids is 1. The maximum Gasteiger partial charge on any atom is 0.274 e. The third-order valence-corrected chi connectivity index (χ3v) is 5.36. The van der Waals surface area contributed by atoms with Crippen molar-refractivity contribution in [3.63, 3.8) is 0 Å². The number of rotatable bonds is 1. The van der Waals surface area contributed by atoms with Gasteiger partial charge in [-0.05, 0) is 39.5 Å². The molecule has 7 heteroatoms. The average molecular weight is 436 g/mol. The fourth-order valence-corrected chi connectivity index (χ4v) is 3.93. The number of halogens is 2. The number of fused-ring (bicyclic) bond motifs is 2. The summed E-state index contributed by atoms with van der Waals surface area (Å²) in [6, 6.07) is 7.90. The first-order valence-electron chi connectivity index (χ1n) is 7.19. The van der Waals surface area contributed by atoms with E-state index in [1.54, 1.807) is 23.0 Å². The standard InChI is InChI=1S/C16H12Br2N4O/c17-12-3-1-2-10-8-21(7-5-11(10)12)16(23)15-13(18)9-22-14(20-15)4-6-19-22/h1-4,6,9H,5,7-8H2. The highest BCUT2D eigenvalue weighted by Crippen LogP contribution is 2.28. The summed E-state index contributed by atoms with van der Waals surface area (Å²) in [6.45, 7) is 1.29. The molecule has 0 N–H and O–H groups in total. The fraction of sp³-hybridized carbons (Fsp3) is 0.188. The largest absolute Gasteiger partial charge is 0.333 e. The van der Waals surface area contributed by atoms with E-state index in [0.29, 0.717) is 28.9 Å². The second-order valence-corrected chi connectivity index (χ2v) is 7.13. The lowest BCUT2D eigenvalue weighted by molar-refractivity contribution is 0.0727. The van der Waals surface area contributed by atoms with Gasteiger partial charge in [-0.3, -0.25) is 4.79 Å². The molecule has 23 heavy (non-hydrogen) atoms. The zero-order valence-electron chi connectivity index (χ0n) is 12.0. The molecule has 0 aliphatic carbocycles. The van der Waals surface area contributed by atoms with Crippen molar-refractivity contribution in [2.45, 2.75) is 13.0 Å². The van der Waals surface area contributed by atoms with Gasteiger partial charge in [0.1, 0.15) is 5.69 Å². The summed E-state index contributed by atoms with van der Waals surface area (Å²) >= 11 is 7.02. The van der Waals surface area contributed by atoms with E-state index in [-0.39, 0.29) is 5.91 Å². The van der Waals surface area contributed by atoms with E-state index in [0.717, 1.165) is 10.9 Å². The van der Waals surface area contributed by atoms with Gasteiger partial charge in [0, 0.05) is 29.8 Å². The Morgan fingerprint density at radius 3 is 2.91 bits per heavy atom. The maximum absolute atomic E-state index is 12.9. The highest BCUT2D eigenvalue weighted by molar-refractivity contribution is 9.10. The molecule has 0 radical (unpaired) electrons. The molecule has 1 aliphatic heterocycles. The Morgan fingerprint density at radius 2 is 2.04 bits per heavy atom. The molecule has 1 amide bonds. The van der Waals surface area contributed by atoms with Crippen molar-refractivity contribution in [1.29, 1.82) is 0 Å². The van der Waals surface area contributed by atoms with Crippen molar-refractivity contribution in [1.82, 2.24) is 19.5 Å². The van der Waals surface area contributed by atoms with Crippen LogP contribution in [0.3, 0.4) is 0 Å². The molecule has 1 aliphatic rings. The SMILES string of the molecule is O=C(c1nc2ccnn2cc1Br)N1CCc2c(Br)cccc2C1. The molecule has 0 atom stereocenters. The predicted octanol–water partition coefficient (Wildman–Crippen LogP) is 3.45. The van der Waals surface area contributed by atoms with Crippen LogP contribution in [0.25, 0.3) is 5.65 Å². The lowest BCUT2D eigenvalue weighted by Gasteiger charge is -2.29. The van der Waals surface area contributed by atoms with Gasteiger partial charge < -0.3 is 4.90 Å². The molecule has 0 spiro atoms. The molecule has 0 bridgehead atoms. The smallest absolute Gasteiger partial charge is 0.274 e. The van der Waals surface area contributed by atoms with Gasteiger partial charge in [-0.15, -0.1) is 0 Å². The molecular formula is C16H12Br2N4O. The Hall–Kier alpha value is -1.73. The monoisotopic (exact) mass is 434 g/mol.